The molecule has 150 valence electrons. The number of non-ortho nitro benzene ring substituents is 1. The average molecular weight is 397 g/mol. The molecule has 1 N–H and O–H groups in total. The first kappa shape index (κ1) is 19.9. The molecule has 0 saturated carbocycles. The van der Waals surface area contributed by atoms with Crippen molar-refractivity contribution in [3.63, 3.8) is 0 Å². The van der Waals surface area contributed by atoms with Crippen molar-refractivity contribution in [3.05, 3.63) is 63.8 Å². The number of hydrogen-bond donors (Lipinski definition) is 1. The van der Waals surface area contributed by atoms with Gasteiger partial charge in [0.15, 0.2) is 0 Å². The number of anilines is 1. The molecule has 0 atom stereocenters. The minimum absolute atomic E-state index is 0.0830. The van der Waals surface area contributed by atoms with Gasteiger partial charge in [0.1, 0.15) is 5.75 Å². The van der Waals surface area contributed by atoms with Gasteiger partial charge in [0, 0.05) is 41.5 Å². The summed E-state index contributed by atoms with van der Waals surface area (Å²) in [7, 11) is 1.84. The van der Waals surface area contributed by atoms with E-state index in [-0.39, 0.29) is 18.0 Å². The maximum Gasteiger partial charge on any atom is 0.417 e. The molecule has 0 bridgehead atoms. The third-order valence-corrected chi connectivity index (χ3v) is 4.48. The molecule has 0 unspecified atom stereocenters. The average Bonchev–Trinajstić information content (AvgIpc) is 2.92. The van der Waals surface area contributed by atoms with Gasteiger partial charge in [-0.25, -0.2) is 9.59 Å². The van der Waals surface area contributed by atoms with Crippen molar-refractivity contribution in [3.8, 4) is 5.75 Å². The Morgan fingerprint density at radius 3 is 2.48 bits per heavy atom. The Morgan fingerprint density at radius 1 is 1.17 bits per heavy atom. The Bertz CT molecular complexity index is 1100. The Labute approximate surface area is 166 Å². The first-order valence-corrected chi connectivity index (χ1v) is 8.81. The smallest absolute Gasteiger partial charge is 0.417 e. The maximum atomic E-state index is 12.3. The van der Waals surface area contributed by atoms with Gasteiger partial charge in [-0.15, -0.1) is 0 Å². The Morgan fingerprint density at radius 2 is 1.86 bits per heavy atom. The SMILES string of the molecule is CCOC(=O)c1c(C)n(C)c2ccc(OC(=O)Nc3ccc([N+](=O)[O-])cc3)cc12. The molecule has 0 aliphatic heterocycles. The second-order valence-corrected chi connectivity index (χ2v) is 6.24. The Kier molecular flexibility index (Phi) is 5.49. The van der Waals surface area contributed by atoms with Gasteiger partial charge < -0.3 is 14.0 Å². The van der Waals surface area contributed by atoms with E-state index in [0.717, 1.165) is 11.2 Å². The number of benzene rings is 2. The van der Waals surface area contributed by atoms with Gasteiger partial charge in [0.2, 0.25) is 0 Å². The van der Waals surface area contributed by atoms with E-state index < -0.39 is 17.0 Å². The number of hydrogen-bond acceptors (Lipinski definition) is 6. The molecule has 1 heterocycles. The highest BCUT2D eigenvalue weighted by Gasteiger charge is 2.20. The van der Waals surface area contributed by atoms with Crippen molar-refractivity contribution in [1.82, 2.24) is 4.57 Å². The summed E-state index contributed by atoms with van der Waals surface area (Å²) in [5.74, 6) is -0.198. The number of amides is 1. The fourth-order valence-corrected chi connectivity index (χ4v) is 2.99. The number of aryl methyl sites for hydroxylation is 1. The molecule has 1 amide bonds. The molecule has 2 aromatic carbocycles. The largest absolute Gasteiger partial charge is 0.462 e. The van der Waals surface area contributed by atoms with Gasteiger partial charge in [-0.05, 0) is 44.2 Å². The van der Waals surface area contributed by atoms with Crippen LogP contribution in [0.2, 0.25) is 0 Å². The number of nitro benzene ring substituents is 1. The summed E-state index contributed by atoms with van der Waals surface area (Å²) in [6, 6.07) is 10.3. The van der Waals surface area contributed by atoms with Crippen LogP contribution < -0.4 is 10.1 Å². The van der Waals surface area contributed by atoms with Crippen LogP contribution in [0.15, 0.2) is 42.5 Å². The molecule has 0 aliphatic carbocycles. The molecule has 1 aromatic heterocycles. The van der Waals surface area contributed by atoms with E-state index >= 15 is 0 Å². The van der Waals surface area contributed by atoms with E-state index in [2.05, 4.69) is 5.32 Å². The van der Waals surface area contributed by atoms with Crippen LogP contribution in [0, 0.1) is 17.0 Å². The van der Waals surface area contributed by atoms with Crippen LogP contribution in [0.1, 0.15) is 23.0 Å². The fourth-order valence-electron chi connectivity index (χ4n) is 2.99. The van der Waals surface area contributed by atoms with Crippen LogP contribution in [0.5, 0.6) is 5.75 Å². The predicted octanol–water partition coefficient (Wildman–Crippen LogP) is 4.18. The number of nitro groups is 1. The molecule has 0 saturated heterocycles. The van der Waals surface area contributed by atoms with E-state index in [1.54, 1.807) is 25.1 Å². The van der Waals surface area contributed by atoms with Crippen molar-refractivity contribution in [2.75, 3.05) is 11.9 Å². The topological polar surface area (TPSA) is 113 Å². The second-order valence-electron chi connectivity index (χ2n) is 6.24. The zero-order valence-corrected chi connectivity index (χ0v) is 16.1. The van der Waals surface area contributed by atoms with Crippen molar-refractivity contribution < 1.29 is 24.0 Å². The lowest BCUT2D eigenvalue weighted by molar-refractivity contribution is -0.384. The Balaban J connectivity index is 1.82. The predicted molar refractivity (Wildman–Crippen MR) is 106 cm³/mol. The molecule has 0 radical (unpaired) electrons. The zero-order chi connectivity index (χ0) is 21.1. The lowest BCUT2D eigenvalue weighted by atomic mass is 10.1. The number of esters is 1. The number of nitrogens with one attached hydrogen (secondary N) is 1. The standard InChI is InChI=1S/C20H19N3O6/c1-4-28-19(24)18-12(2)22(3)17-10-9-15(11-16(17)18)29-20(25)21-13-5-7-14(8-6-13)23(26)27/h5-11H,4H2,1-3H3,(H,21,25). The molecule has 29 heavy (non-hydrogen) atoms. The minimum atomic E-state index is -0.761. The molecule has 0 aliphatic rings. The van der Waals surface area contributed by atoms with E-state index in [9.17, 15) is 19.7 Å². The molecule has 9 heteroatoms. The monoisotopic (exact) mass is 397 g/mol. The van der Waals surface area contributed by atoms with Crippen LogP contribution in [-0.4, -0.2) is 28.2 Å². The van der Waals surface area contributed by atoms with Gasteiger partial charge >= 0.3 is 12.1 Å². The number of aromatic nitrogens is 1. The Hall–Kier alpha value is -3.88. The summed E-state index contributed by atoms with van der Waals surface area (Å²) in [6.45, 7) is 3.80. The highest BCUT2D eigenvalue weighted by atomic mass is 16.6. The summed E-state index contributed by atoms with van der Waals surface area (Å²) in [6.07, 6.45) is -0.761. The van der Waals surface area contributed by atoms with E-state index in [1.165, 1.54) is 24.3 Å². The number of rotatable bonds is 5. The van der Waals surface area contributed by atoms with Gasteiger partial charge in [0.05, 0.1) is 17.1 Å². The fraction of sp³-hybridized carbons (Fsp3) is 0.200. The van der Waals surface area contributed by atoms with Crippen molar-refractivity contribution in [1.29, 1.82) is 0 Å². The molecule has 0 fully saturated rings. The molecular weight excluding hydrogens is 378 g/mol. The van der Waals surface area contributed by atoms with E-state index in [1.807, 2.05) is 18.5 Å². The van der Waals surface area contributed by atoms with Crippen molar-refractivity contribution >= 4 is 34.3 Å². The summed E-state index contributed by atoms with van der Waals surface area (Å²) in [5.41, 5.74) is 2.23. The van der Waals surface area contributed by atoms with Gasteiger partial charge in [0.25, 0.3) is 5.69 Å². The van der Waals surface area contributed by atoms with Crippen LogP contribution >= 0.6 is 0 Å². The molecule has 3 aromatic rings. The number of carbonyl (C=O) groups excluding carboxylic acids is 2. The highest BCUT2D eigenvalue weighted by molar-refractivity contribution is 6.06. The number of fused-ring (bicyclic) bond motifs is 1. The summed E-state index contributed by atoms with van der Waals surface area (Å²) in [4.78, 5) is 34.7. The molecular formula is C20H19N3O6. The lowest BCUT2D eigenvalue weighted by Gasteiger charge is -2.07. The number of carbonyl (C=O) groups is 2. The minimum Gasteiger partial charge on any atom is -0.462 e. The van der Waals surface area contributed by atoms with Crippen molar-refractivity contribution in [2.45, 2.75) is 13.8 Å². The third-order valence-electron chi connectivity index (χ3n) is 4.48. The second kappa shape index (κ2) is 8.01. The highest BCUT2D eigenvalue weighted by Crippen LogP contribution is 2.29. The molecule has 9 nitrogen and oxygen atoms in total. The lowest BCUT2D eigenvalue weighted by Crippen LogP contribution is -2.16. The number of nitrogens with zero attached hydrogens (tertiary/aromatic N) is 2. The van der Waals surface area contributed by atoms with Crippen LogP contribution in [0.3, 0.4) is 0 Å². The first-order chi connectivity index (χ1) is 13.8. The van der Waals surface area contributed by atoms with Gasteiger partial charge in [-0.2, -0.15) is 0 Å². The third kappa shape index (κ3) is 4.03. The van der Waals surface area contributed by atoms with Crippen molar-refractivity contribution in [2.24, 2.45) is 7.05 Å². The quantitative estimate of drug-likeness (QED) is 0.392. The summed E-state index contributed by atoms with van der Waals surface area (Å²) in [5, 5.41) is 13.8. The summed E-state index contributed by atoms with van der Waals surface area (Å²) < 4.78 is 12.3. The molecule has 3 rings (SSSR count). The van der Waals surface area contributed by atoms with Gasteiger partial charge in [-0.1, -0.05) is 0 Å². The number of ether oxygens (including phenoxy) is 2. The maximum absolute atomic E-state index is 12.3. The molecule has 0 spiro atoms. The normalized spacial score (nSPS) is 10.6. The van der Waals surface area contributed by atoms with Crippen LogP contribution in [-0.2, 0) is 11.8 Å². The van der Waals surface area contributed by atoms with Crippen LogP contribution in [0.25, 0.3) is 10.9 Å². The van der Waals surface area contributed by atoms with Crippen LogP contribution in [0.4, 0.5) is 16.2 Å². The van der Waals surface area contributed by atoms with E-state index in [4.69, 9.17) is 9.47 Å². The van der Waals surface area contributed by atoms with E-state index in [0.29, 0.717) is 16.6 Å². The first-order valence-electron chi connectivity index (χ1n) is 8.81. The van der Waals surface area contributed by atoms with Gasteiger partial charge in [-0.3, -0.25) is 15.4 Å². The zero-order valence-electron chi connectivity index (χ0n) is 16.1. The summed E-state index contributed by atoms with van der Waals surface area (Å²) >= 11 is 0.